The fourth-order valence-electron chi connectivity index (χ4n) is 4.73. The summed E-state index contributed by atoms with van der Waals surface area (Å²) >= 11 is 0. The Morgan fingerprint density at radius 1 is 1.36 bits per heavy atom. The quantitative estimate of drug-likeness (QED) is 0.561. The first-order chi connectivity index (χ1) is 13.7. The van der Waals surface area contributed by atoms with Crippen LogP contribution in [0.25, 0.3) is 10.9 Å². The fourth-order valence-corrected chi connectivity index (χ4v) is 4.73. The zero-order valence-corrected chi connectivity index (χ0v) is 16.0. The Kier molecular flexibility index (Phi) is 4.28. The molecule has 0 saturated heterocycles. The van der Waals surface area contributed by atoms with Gasteiger partial charge < -0.3 is 8.98 Å². The van der Waals surface area contributed by atoms with Crippen LogP contribution in [0.2, 0.25) is 0 Å². The molecule has 0 unspecified atom stereocenters. The number of fused-ring (bicyclic) bond motifs is 3. The lowest BCUT2D eigenvalue weighted by Gasteiger charge is -2.39. The number of hydrazone groups is 1. The lowest BCUT2D eigenvalue weighted by Crippen LogP contribution is -2.44. The highest BCUT2D eigenvalue weighted by molar-refractivity contribution is 5.87. The van der Waals surface area contributed by atoms with Gasteiger partial charge in [-0.3, -0.25) is 9.69 Å². The molecule has 144 valence electrons. The number of nitrogens with one attached hydrogen (secondary N) is 1. The number of hydrogen-bond donors (Lipinski definition) is 1. The maximum Gasteiger partial charge on any atom is 0.254 e. The van der Waals surface area contributed by atoms with Crippen molar-refractivity contribution in [1.29, 1.82) is 0 Å². The van der Waals surface area contributed by atoms with E-state index in [1.54, 1.807) is 18.4 Å². The van der Waals surface area contributed by atoms with Crippen LogP contribution in [0.15, 0.2) is 46.1 Å². The highest BCUT2D eigenvalue weighted by Gasteiger charge is 2.35. The second kappa shape index (κ2) is 6.95. The van der Waals surface area contributed by atoms with Gasteiger partial charge in [0.2, 0.25) is 0 Å². The number of aryl methyl sites for hydroxylation is 2. The molecule has 3 heterocycles. The highest BCUT2D eigenvalue weighted by atomic mass is 16.3. The van der Waals surface area contributed by atoms with Gasteiger partial charge in [0.1, 0.15) is 5.76 Å². The lowest BCUT2D eigenvalue weighted by molar-refractivity contribution is -0.123. The van der Waals surface area contributed by atoms with Crippen LogP contribution < -0.4 is 5.43 Å². The molecular weight excluding hydrogens is 352 g/mol. The van der Waals surface area contributed by atoms with Crippen LogP contribution in [-0.4, -0.2) is 34.7 Å². The molecule has 0 fully saturated rings. The van der Waals surface area contributed by atoms with Gasteiger partial charge in [-0.1, -0.05) is 11.6 Å². The average molecular weight is 376 g/mol. The molecule has 3 aromatic rings. The van der Waals surface area contributed by atoms with Gasteiger partial charge in [0.25, 0.3) is 5.91 Å². The standard InChI is InChI=1S/C22H24N4O2/c1-15-7-8-19-18(12-15)17-5-2-6-20-22(17)26(19)10-9-25(20)14-21(27)24-23-13-16-4-3-11-28-16/h3-4,7-8,11-13,20H,2,5-6,9-10,14H2,1H3,(H,24,27)/t20-/m0/s1. The number of carbonyl (C=O) groups is 1. The van der Waals surface area contributed by atoms with Gasteiger partial charge in [0, 0.05) is 29.7 Å². The monoisotopic (exact) mass is 376 g/mol. The summed E-state index contributed by atoms with van der Waals surface area (Å²) in [5, 5.41) is 5.40. The summed E-state index contributed by atoms with van der Waals surface area (Å²) in [6.07, 6.45) is 6.50. The van der Waals surface area contributed by atoms with Crippen LogP contribution >= 0.6 is 0 Å². The Balaban J connectivity index is 1.36. The van der Waals surface area contributed by atoms with Gasteiger partial charge in [-0.05, 0) is 56.0 Å². The molecule has 6 nitrogen and oxygen atoms in total. The number of hydrogen-bond acceptors (Lipinski definition) is 4. The van der Waals surface area contributed by atoms with Gasteiger partial charge >= 0.3 is 0 Å². The molecule has 1 N–H and O–H groups in total. The Bertz CT molecular complexity index is 1050. The second-order valence-electron chi connectivity index (χ2n) is 7.72. The third kappa shape index (κ3) is 2.94. The van der Waals surface area contributed by atoms with E-state index in [0.717, 1.165) is 25.9 Å². The van der Waals surface area contributed by atoms with Crippen LogP contribution in [0.5, 0.6) is 0 Å². The maximum absolute atomic E-state index is 12.4. The number of carbonyl (C=O) groups excluding carboxylic acids is 1. The normalized spacial score (nSPS) is 19.2. The van der Waals surface area contributed by atoms with E-state index < -0.39 is 0 Å². The van der Waals surface area contributed by atoms with Crippen molar-refractivity contribution in [3.05, 3.63) is 59.2 Å². The molecule has 28 heavy (non-hydrogen) atoms. The second-order valence-corrected chi connectivity index (χ2v) is 7.72. The smallest absolute Gasteiger partial charge is 0.254 e. The Labute approximate surface area is 163 Å². The summed E-state index contributed by atoms with van der Waals surface area (Å²) in [7, 11) is 0. The number of aromatic nitrogens is 1. The summed E-state index contributed by atoms with van der Waals surface area (Å²) in [6, 6.07) is 10.7. The molecule has 1 aliphatic heterocycles. The molecule has 5 rings (SSSR count). The molecule has 6 heteroatoms. The molecular formula is C22H24N4O2. The van der Waals surface area contributed by atoms with Crippen molar-refractivity contribution in [2.45, 2.75) is 38.8 Å². The largest absolute Gasteiger partial charge is 0.463 e. The van der Waals surface area contributed by atoms with E-state index in [4.69, 9.17) is 4.42 Å². The molecule has 2 aromatic heterocycles. The third-order valence-corrected chi connectivity index (χ3v) is 5.91. The van der Waals surface area contributed by atoms with E-state index in [9.17, 15) is 4.79 Å². The number of benzene rings is 1. The van der Waals surface area contributed by atoms with Crippen molar-refractivity contribution in [3.63, 3.8) is 0 Å². The van der Waals surface area contributed by atoms with Gasteiger partial charge in [-0.25, -0.2) is 5.43 Å². The topological polar surface area (TPSA) is 62.8 Å². The van der Waals surface area contributed by atoms with Crippen LogP contribution in [0.1, 0.15) is 41.5 Å². The molecule has 0 bridgehead atoms. The van der Waals surface area contributed by atoms with Crippen molar-refractivity contribution in [1.82, 2.24) is 14.9 Å². The summed E-state index contributed by atoms with van der Waals surface area (Å²) < 4.78 is 7.67. The zero-order chi connectivity index (χ0) is 19.1. The summed E-state index contributed by atoms with van der Waals surface area (Å²) in [5.41, 5.74) is 8.18. The van der Waals surface area contributed by atoms with E-state index >= 15 is 0 Å². The molecule has 0 radical (unpaired) electrons. The number of furan rings is 1. The molecule has 2 aliphatic rings. The van der Waals surface area contributed by atoms with Crippen molar-refractivity contribution in [2.75, 3.05) is 13.1 Å². The minimum Gasteiger partial charge on any atom is -0.463 e. The first-order valence-electron chi connectivity index (χ1n) is 9.92. The van der Waals surface area contributed by atoms with E-state index in [2.05, 4.69) is 45.1 Å². The fraction of sp³-hybridized carbons (Fsp3) is 0.364. The number of rotatable bonds is 4. The molecule has 1 aromatic carbocycles. The van der Waals surface area contributed by atoms with Crippen molar-refractivity contribution in [3.8, 4) is 0 Å². The van der Waals surface area contributed by atoms with Crippen molar-refractivity contribution < 1.29 is 9.21 Å². The van der Waals surface area contributed by atoms with E-state index in [1.165, 1.54) is 40.4 Å². The summed E-state index contributed by atoms with van der Waals surface area (Å²) in [5.74, 6) is 0.533. The predicted molar refractivity (Wildman–Crippen MR) is 108 cm³/mol. The van der Waals surface area contributed by atoms with Crippen LogP contribution in [0.3, 0.4) is 0 Å². The lowest BCUT2D eigenvalue weighted by atomic mass is 9.89. The predicted octanol–water partition coefficient (Wildman–Crippen LogP) is 3.39. The Hall–Kier alpha value is -2.86. The molecule has 0 spiro atoms. The van der Waals surface area contributed by atoms with Crippen LogP contribution in [-0.2, 0) is 17.8 Å². The first-order valence-corrected chi connectivity index (χ1v) is 9.92. The third-order valence-electron chi connectivity index (χ3n) is 5.91. The summed E-state index contributed by atoms with van der Waals surface area (Å²) in [6.45, 7) is 4.32. The van der Waals surface area contributed by atoms with E-state index in [-0.39, 0.29) is 5.91 Å². The minimum atomic E-state index is -0.0877. The van der Waals surface area contributed by atoms with E-state index in [0.29, 0.717) is 18.3 Å². The Morgan fingerprint density at radius 2 is 2.29 bits per heavy atom. The number of amides is 1. The van der Waals surface area contributed by atoms with Gasteiger partial charge in [0.05, 0.1) is 25.1 Å². The molecule has 0 saturated carbocycles. The maximum atomic E-state index is 12.4. The van der Waals surface area contributed by atoms with Gasteiger partial charge in [-0.15, -0.1) is 0 Å². The van der Waals surface area contributed by atoms with Crippen LogP contribution in [0, 0.1) is 6.92 Å². The first kappa shape index (κ1) is 17.3. The minimum absolute atomic E-state index is 0.0877. The highest BCUT2D eigenvalue weighted by Crippen LogP contribution is 2.42. The number of nitrogens with zero attached hydrogens (tertiary/aromatic N) is 3. The molecule has 1 amide bonds. The Morgan fingerprint density at radius 3 is 3.14 bits per heavy atom. The summed E-state index contributed by atoms with van der Waals surface area (Å²) in [4.78, 5) is 14.7. The van der Waals surface area contributed by atoms with Crippen molar-refractivity contribution >= 4 is 23.0 Å². The molecule has 1 aliphatic carbocycles. The van der Waals surface area contributed by atoms with Crippen molar-refractivity contribution in [2.24, 2.45) is 5.10 Å². The van der Waals surface area contributed by atoms with Crippen LogP contribution in [0.4, 0.5) is 0 Å². The van der Waals surface area contributed by atoms with E-state index in [1.807, 2.05) is 0 Å². The van der Waals surface area contributed by atoms with Gasteiger partial charge in [-0.2, -0.15) is 5.10 Å². The SMILES string of the molecule is Cc1ccc2c(c1)c1c3n2CCN(CC(=O)NN=Cc2ccco2)[C@H]3CCC1. The molecule has 1 atom stereocenters. The average Bonchev–Trinajstić information content (AvgIpc) is 3.31. The zero-order valence-electron chi connectivity index (χ0n) is 16.0. The van der Waals surface area contributed by atoms with Gasteiger partial charge in [0.15, 0.2) is 0 Å².